The average Bonchev–Trinajstić information content (AvgIpc) is 2.64. The van der Waals surface area contributed by atoms with Crippen molar-refractivity contribution in [2.75, 3.05) is 19.6 Å². The summed E-state index contributed by atoms with van der Waals surface area (Å²) in [5.41, 5.74) is 1.79. The third-order valence-corrected chi connectivity index (χ3v) is 4.52. The zero-order valence-electron chi connectivity index (χ0n) is 12.0. The number of carbonyl (C=O) groups is 2. The van der Waals surface area contributed by atoms with Gasteiger partial charge in [0.1, 0.15) is 0 Å². The molecule has 0 atom stereocenters. The summed E-state index contributed by atoms with van der Waals surface area (Å²) in [7, 11) is 1.84. The highest BCUT2D eigenvalue weighted by atomic mass is 79.9. The average molecular weight is 343 g/mol. The topological polar surface area (TPSA) is 58.4 Å². The van der Waals surface area contributed by atoms with Crippen molar-refractivity contribution in [1.29, 1.82) is 0 Å². The molecular weight excluding hydrogens is 324 g/mol. The largest absolute Gasteiger partial charge is 0.333 e. The number of piperazine rings is 1. The van der Waals surface area contributed by atoms with E-state index < -0.39 is 11.8 Å². The summed E-state index contributed by atoms with van der Waals surface area (Å²) in [5, 5.41) is 4.30. The summed E-state index contributed by atoms with van der Waals surface area (Å²) in [6.45, 7) is 6.13. The molecule has 2 amide bonds. The number of rotatable bonds is 4. The Kier molecular flexibility index (Phi) is 4.47. The maximum atomic E-state index is 12.1. The van der Waals surface area contributed by atoms with Gasteiger partial charge in [0, 0.05) is 26.7 Å². The van der Waals surface area contributed by atoms with Crippen LogP contribution in [0.15, 0.2) is 4.47 Å². The van der Waals surface area contributed by atoms with Crippen LogP contribution in [0.5, 0.6) is 0 Å². The van der Waals surface area contributed by atoms with Gasteiger partial charge in [0.05, 0.1) is 22.4 Å². The van der Waals surface area contributed by atoms with E-state index in [-0.39, 0.29) is 0 Å². The van der Waals surface area contributed by atoms with E-state index in [1.807, 2.05) is 20.9 Å². The van der Waals surface area contributed by atoms with Crippen molar-refractivity contribution >= 4 is 27.7 Å². The van der Waals surface area contributed by atoms with E-state index in [1.165, 1.54) is 0 Å². The van der Waals surface area contributed by atoms with Crippen molar-refractivity contribution in [1.82, 2.24) is 19.6 Å². The Hall–Kier alpha value is -1.37. The lowest BCUT2D eigenvalue weighted by atomic mass is 10.2. The molecule has 1 saturated heterocycles. The molecule has 0 unspecified atom stereocenters. The van der Waals surface area contributed by atoms with Crippen molar-refractivity contribution in [2.45, 2.75) is 26.8 Å². The second-order valence-electron chi connectivity index (χ2n) is 4.99. The minimum atomic E-state index is -0.421. The standard InChI is InChI=1S/C13H19BrN4O2/c1-4-5-17-6-7-18(13(20)12(17)19)8-10-11(14)9(2)15-16(10)3/h4-8H2,1-3H3. The van der Waals surface area contributed by atoms with E-state index >= 15 is 0 Å². The van der Waals surface area contributed by atoms with Gasteiger partial charge in [-0.15, -0.1) is 0 Å². The third-order valence-electron chi connectivity index (χ3n) is 3.49. The lowest BCUT2D eigenvalue weighted by Gasteiger charge is -2.33. The summed E-state index contributed by atoms with van der Waals surface area (Å²) in [5.74, 6) is -0.816. The van der Waals surface area contributed by atoms with E-state index in [2.05, 4.69) is 21.0 Å². The molecule has 0 saturated carbocycles. The highest BCUT2D eigenvalue weighted by molar-refractivity contribution is 9.10. The Labute approximate surface area is 126 Å². The van der Waals surface area contributed by atoms with Gasteiger partial charge in [0.2, 0.25) is 0 Å². The molecule has 20 heavy (non-hydrogen) atoms. The Balaban J connectivity index is 2.12. The molecule has 1 aliphatic heterocycles. The normalized spacial score (nSPS) is 16.2. The van der Waals surface area contributed by atoms with Gasteiger partial charge in [-0.25, -0.2) is 0 Å². The summed E-state index contributed by atoms with van der Waals surface area (Å²) in [4.78, 5) is 27.3. The second-order valence-corrected chi connectivity index (χ2v) is 5.78. The molecule has 0 N–H and O–H groups in total. The molecule has 1 aliphatic rings. The first-order valence-electron chi connectivity index (χ1n) is 6.71. The molecule has 110 valence electrons. The molecule has 2 heterocycles. The minimum absolute atomic E-state index is 0.395. The predicted octanol–water partition coefficient (Wildman–Crippen LogP) is 1.07. The molecule has 0 aromatic carbocycles. The molecular formula is C13H19BrN4O2. The molecule has 2 rings (SSSR count). The first-order valence-corrected chi connectivity index (χ1v) is 7.51. The van der Waals surface area contributed by atoms with Gasteiger partial charge in [-0.1, -0.05) is 6.92 Å². The number of carbonyl (C=O) groups excluding carboxylic acids is 2. The first-order chi connectivity index (χ1) is 9.45. The van der Waals surface area contributed by atoms with Gasteiger partial charge in [-0.3, -0.25) is 14.3 Å². The SMILES string of the molecule is CCCN1CCN(Cc2c(Br)c(C)nn2C)C(=O)C1=O. The number of hydrogen-bond acceptors (Lipinski definition) is 3. The lowest BCUT2D eigenvalue weighted by Crippen LogP contribution is -2.54. The van der Waals surface area contributed by atoms with Gasteiger partial charge in [-0.2, -0.15) is 5.10 Å². The number of aryl methyl sites for hydroxylation is 2. The maximum absolute atomic E-state index is 12.1. The molecule has 0 aliphatic carbocycles. The summed E-state index contributed by atoms with van der Waals surface area (Å²) in [6.07, 6.45) is 0.867. The number of nitrogens with zero attached hydrogens (tertiary/aromatic N) is 4. The predicted molar refractivity (Wildman–Crippen MR) is 77.9 cm³/mol. The molecule has 7 heteroatoms. The minimum Gasteiger partial charge on any atom is -0.333 e. The Bertz CT molecular complexity index is 541. The van der Waals surface area contributed by atoms with Crippen LogP contribution in [-0.4, -0.2) is 51.0 Å². The Morgan fingerprint density at radius 1 is 1.20 bits per heavy atom. The second kappa shape index (κ2) is 5.95. The Morgan fingerprint density at radius 2 is 1.80 bits per heavy atom. The zero-order valence-corrected chi connectivity index (χ0v) is 13.6. The van der Waals surface area contributed by atoms with Crippen molar-refractivity contribution in [3.05, 3.63) is 15.9 Å². The molecule has 1 aromatic heterocycles. The molecule has 6 nitrogen and oxygen atoms in total. The fourth-order valence-corrected chi connectivity index (χ4v) is 2.84. The van der Waals surface area contributed by atoms with Gasteiger partial charge in [-0.05, 0) is 29.3 Å². The highest BCUT2D eigenvalue weighted by Gasteiger charge is 2.32. The van der Waals surface area contributed by atoms with Crippen LogP contribution >= 0.6 is 15.9 Å². The van der Waals surface area contributed by atoms with E-state index in [9.17, 15) is 9.59 Å². The van der Waals surface area contributed by atoms with Crippen LogP contribution in [0.1, 0.15) is 24.7 Å². The molecule has 0 bridgehead atoms. The highest BCUT2D eigenvalue weighted by Crippen LogP contribution is 2.22. The lowest BCUT2D eigenvalue weighted by molar-refractivity contribution is -0.156. The molecule has 0 spiro atoms. The quantitative estimate of drug-likeness (QED) is 0.769. The van der Waals surface area contributed by atoms with Crippen LogP contribution < -0.4 is 0 Å². The van der Waals surface area contributed by atoms with Crippen molar-refractivity contribution in [3.63, 3.8) is 0 Å². The van der Waals surface area contributed by atoms with E-state index in [4.69, 9.17) is 0 Å². The molecule has 0 radical (unpaired) electrons. The van der Waals surface area contributed by atoms with Crippen LogP contribution in [0.3, 0.4) is 0 Å². The first kappa shape index (κ1) is 15.0. The fraction of sp³-hybridized carbons (Fsp3) is 0.615. The van der Waals surface area contributed by atoms with Crippen LogP contribution in [0.25, 0.3) is 0 Å². The van der Waals surface area contributed by atoms with Crippen LogP contribution in [0.2, 0.25) is 0 Å². The maximum Gasteiger partial charge on any atom is 0.312 e. The van der Waals surface area contributed by atoms with Gasteiger partial charge >= 0.3 is 11.8 Å². The van der Waals surface area contributed by atoms with Crippen LogP contribution in [0, 0.1) is 6.92 Å². The summed E-state index contributed by atoms with van der Waals surface area (Å²) < 4.78 is 2.64. The van der Waals surface area contributed by atoms with Crippen LogP contribution in [-0.2, 0) is 23.2 Å². The summed E-state index contributed by atoms with van der Waals surface area (Å²) >= 11 is 3.48. The van der Waals surface area contributed by atoms with Crippen LogP contribution in [0.4, 0.5) is 0 Å². The Morgan fingerprint density at radius 3 is 2.35 bits per heavy atom. The number of amides is 2. The number of hydrogen-bond donors (Lipinski definition) is 0. The van der Waals surface area contributed by atoms with Gasteiger partial charge < -0.3 is 9.80 Å². The van der Waals surface area contributed by atoms with E-state index in [0.29, 0.717) is 26.2 Å². The zero-order chi connectivity index (χ0) is 14.9. The summed E-state index contributed by atoms with van der Waals surface area (Å²) in [6, 6.07) is 0. The van der Waals surface area contributed by atoms with Crippen molar-refractivity contribution in [3.8, 4) is 0 Å². The smallest absolute Gasteiger partial charge is 0.312 e. The van der Waals surface area contributed by atoms with Crippen molar-refractivity contribution < 1.29 is 9.59 Å². The monoisotopic (exact) mass is 342 g/mol. The third kappa shape index (κ3) is 2.72. The van der Waals surface area contributed by atoms with Crippen molar-refractivity contribution in [2.24, 2.45) is 7.05 Å². The molecule has 1 fully saturated rings. The van der Waals surface area contributed by atoms with Gasteiger partial charge in [0.15, 0.2) is 0 Å². The van der Waals surface area contributed by atoms with E-state index in [0.717, 1.165) is 22.3 Å². The van der Waals surface area contributed by atoms with E-state index in [1.54, 1.807) is 14.5 Å². The number of aromatic nitrogens is 2. The number of halogens is 1. The molecule has 1 aromatic rings. The van der Waals surface area contributed by atoms with Gasteiger partial charge in [0.25, 0.3) is 0 Å². The fourth-order valence-electron chi connectivity index (χ4n) is 2.38.